The van der Waals surface area contributed by atoms with Gasteiger partial charge in [0.1, 0.15) is 0 Å². The number of benzene rings is 1. The summed E-state index contributed by atoms with van der Waals surface area (Å²) in [6.07, 6.45) is -5.18. The number of hydrogen-bond acceptors (Lipinski definition) is 3. The number of β-amino-alcohol motifs (C(OH)–C–C–N with tert-alkyl or cyclic N) is 1. The Balaban J connectivity index is 1.77. The number of fused-ring (bicyclic) bond motifs is 1. The molecule has 1 unspecified atom stereocenters. The van der Waals surface area contributed by atoms with Crippen LogP contribution < -0.4 is 0 Å². The van der Waals surface area contributed by atoms with Crippen molar-refractivity contribution in [1.29, 1.82) is 0 Å². The van der Waals surface area contributed by atoms with Crippen LogP contribution in [-0.2, 0) is 17.6 Å². The van der Waals surface area contributed by atoms with Crippen molar-refractivity contribution in [3.8, 4) is 0 Å². The molecule has 1 aromatic rings. The lowest BCUT2D eigenvalue weighted by molar-refractivity contribution is -0.253. The molecule has 0 spiro atoms. The van der Waals surface area contributed by atoms with Crippen LogP contribution in [-0.4, -0.2) is 51.5 Å². The molecule has 1 aromatic carbocycles. The Morgan fingerprint density at radius 1 is 1.14 bits per heavy atom. The molecule has 1 aliphatic carbocycles. The fourth-order valence-corrected chi connectivity index (χ4v) is 3.24. The zero-order chi connectivity index (χ0) is 16.2. The van der Waals surface area contributed by atoms with E-state index in [-0.39, 0.29) is 19.4 Å². The number of aliphatic hydroxyl groups is 2. The molecular formula is C15H16F3NO3. The Bertz CT molecular complexity index is 591. The molecule has 1 atom stereocenters. The Morgan fingerprint density at radius 3 is 2.14 bits per heavy atom. The molecule has 22 heavy (non-hydrogen) atoms. The van der Waals surface area contributed by atoms with Crippen LogP contribution in [0.15, 0.2) is 24.3 Å². The Kier molecular flexibility index (Phi) is 3.27. The van der Waals surface area contributed by atoms with Crippen LogP contribution >= 0.6 is 0 Å². The Hall–Kier alpha value is -1.60. The lowest BCUT2D eigenvalue weighted by Crippen LogP contribution is -2.52. The fourth-order valence-electron chi connectivity index (χ4n) is 3.24. The van der Waals surface area contributed by atoms with Crippen molar-refractivity contribution in [2.24, 2.45) is 0 Å². The van der Waals surface area contributed by atoms with E-state index >= 15 is 0 Å². The van der Waals surface area contributed by atoms with E-state index < -0.39 is 36.3 Å². The lowest BCUT2D eigenvalue weighted by atomic mass is 9.98. The predicted molar refractivity (Wildman–Crippen MR) is 71.0 cm³/mol. The van der Waals surface area contributed by atoms with Gasteiger partial charge in [-0.1, -0.05) is 24.3 Å². The summed E-state index contributed by atoms with van der Waals surface area (Å²) >= 11 is 0. The molecular weight excluding hydrogens is 299 g/mol. The summed E-state index contributed by atoms with van der Waals surface area (Å²) in [5, 5.41) is 20.2. The first-order valence-corrected chi connectivity index (χ1v) is 7.02. The van der Waals surface area contributed by atoms with E-state index in [4.69, 9.17) is 0 Å². The van der Waals surface area contributed by atoms with Crippen LogP contribution in [0, 0.1) is 0 Å². The molecule has 7 heteroatoms. The van der Waals surface area contributed by atoms with Gasteiger partial charge >= 0.3 is 6.18 Å². The molecule has 1 fully saturated rings. The largest absolute Gasteiger partial charge is 0.419 e. The molecule has 0 bridgehead atoms. The van der Waals surface area contributed by atoms with Gasteiger partial charge in [0, 0.05) is 25.8 Å². The molecule has 2 N–H and O–H groups in total. The number of hydrogen-bond donors (Lipinski definition) is 2. The molecule has 1 heterocycles. The summed E-state index contributed by atoms with van der Waals surface area (Å²) in [6.45, 7) is -1.04. The third-order valence-electron chi connectivity index (χ3n) is 4.54. The van der Waals surface area contributed by atoms with Gasteiger partial charge < -0.3 is 15.1 Å². The van der Waals surface area contributed by atoms with Gasteiger partial charge in [-0.15, -0.1) is 0 Å². The van der Waals surface area contributed by atoms with E-state index in [2.05, 4.69) is 0 Å². The zero-order valence-electron chi connectivity index (χ0n) is 11.7. The number of alkyl halides is 3. The average Bonchev–Trinajstić information content (AvgIpc) is 2.98. The predicted octanol–water partition coefficient (Wildman–Crippen LogP) is 1.04. The fraction of sp³-hybridized carbons (Fsp3) is 0.533. The van der Waals surface area contributed by atoms with Crippen LogP contribution in [0.4, 0.5) is 13.2 Å². The average molecular weight is 315 g/mol. The molecule has 1 amide bonds. The third-order valence-corrected chi connectivity index (χ3v) is 4.54. The second kappa shape index (κ2) is 4.70. The van der Waals surface area contributed by atoms with Crippen LogP contribution in [0.1, 0.15) is 17.5 Å². The first-order valence-electron chi connectivity index (χ1n) is 7.02. The smallest absolute Gasteiger partial charge is 0.379 e. The summed E-state index contributed by atoms with van der Waals surface area (Å²) < 4.78 is 38.5. The van der Waals surface area contributed by atoms with E-state index in [1.807, 2.05) is 0 Å². The SMILES string of the molecule is O=C(N1CCC(O)(C(F)(F)F)C1)C1(O)Cc2ccccc2C1. The van der Waals surface area contributed by atoms with Crippen LogP contribution in [0.2, 0.25) is 0 Å². The van der Waals surface area contributed by atoms with Crippen LogP contribution in [0.25, 0.3) is 0 Å². The highest BCUT2D eigenvalue weighted by Gasteiger charge is 2.59. The van der Waals surface area contributed by atoms with E-state index in [0.717, 1.165) is 16.0 Å². The van der Waals surface area contributed by atoms with Crippen molar-refractivity contribution >= 4 is 5.91 Å². The maximum absolute atomic E-state index is 12.8. The zero-order valence-corrected chi connectivity index (χ0v) is 11.7. The number of amides is 1. The molecule has 120 valence electrons. The van der Waals surface area contributed by atoms with Crippen LogP contribution in [0.5, 0.6) is 0 Å². The summed E-state index contributed by atoms with van der Waals surface area (Å²) in [4.78, 5) is 13.4. The second-order valence-corrected chi connectivity index (χ2v) is 6.16. The molecule has 0 radical (unpaired) electrons. The first-order chi connectivity index (χ1) is 10.1. The summed E-state index contributed by atoms with van der Waals surface area (Å²) in [7, 11) is 0. The number of likely N-dealkylation sites (tertiary alicyclic amines) is 1. The minimum Gasteiger partial charge on any atom is -0.379 e. The quantitative estimate of drug-likeness (QED) is 0.814. The molecule has 2 aliphatic rings. The lowest BCUT2D eigenvalue weighted by Gasteiger charge is -2.30. The van der Waals surface area contributed by atoms with E-state index in [0.29, 0.717) is 0 Å². The van der Waals surface area contributed by atoms with Crippen molar-refractivity contribution in [3.63, 3.8) is 0 Å². The van der Waals surface area contributed by atoms with Gasteiger partial charge in [0.15, 0.2) is 11.2 Å². The third kappa shape index (κ3) is 2.28. The number of nitrogens with zero attached hydrogens (tertiary/aromatic N) is 1. The number of carbonyl (C=O) groups is 1. The van der Waals surface area contributed by atoms with Gasteiger partial charge in [-0.05, 0) is 11.1 Å². The topological polar surface area (TPSA) is 60.8 Å². The first kappa shape index (κ1) is 15.3. The minimum atomic E-state index is -4.79. The Labute approximate surface area is 125 Å². The molecule has 1 saturated heterocycles. The summed E-state index contributed by atoms with van der Waals surface area (Å²) in [6, 6.07) is 7.15. The number of halogens is 3. The van der Waals surface area contributed by atoms with Gasteiger partial charge in [0.2, 0.25) is 0 Å². The van der Waals surface area contributed by atoms with Gasteiger partial charge in [-0.3, -0.25) is 4.79 Å². The van der Waals surface area contributed by atoms with Crippen molar-refractivity contribution in [3.05, 3.63) is 35.4 Å². The Morgan fingerprint density at radius 2 is 1.68 bits per heavy atom. The monoisotopic (exact) mass is 315 g/mol. The normalized spacial score (nSPS) is 27.0. The number of carbonyl (C=O) groups excluding carboxylic acids is 1. The van der Waals surface area contributed by atoms with Gasteiger partial charge in [-0.25, -0.2) is 0 Å². The second-order valence-electron chi connectivity index (χ2n) is 6.16. The molecule has 3 rings (SSSR count). The van der Waals surface area contributed by atoms with Gasteiger partial charge in [-0.2, -0.15) is 13.2 Å². The molecule has 0 aromatic heterocycles. The number of rotatable bonds is 1. The van der Waals surface area contributed by atoms with Gasteiger partial charge in [0.05, 0.1) is 6.54 Å². The molecule has 4 nitrogen and oxygen atoms in total. The summed E-state index contributed by atoms with van der Waals surface area (Å²) in [5.41, 5.74) is -2.96. The highest BCUT2D eigenvalue weighted by atomic mass is 19.4. The van der Waals surface area contributed by atoms with Crippen LogP contribution in [0.3, 0.4) is 0 Å². The van der Waals surface area contributed by atoms with Crippen molar-refractivity contribution < 1.29 is 28.2 Å². The standard InChI is InChI=1S/C15H16F3NO3/c16-15(17,18)14(22)5-6-19(9-14)12(20)13(21)7-10-3-1-2-4-11(10)8-13/h1-4,21-22H,5-9H2. The van der Waals surface area contributed by atoms with Crippen molar-refractivity contribution in [1.82, 2.24) is 4.90 Å². The molecule has 0 saturated carbocycles. The summed E-state index contributed by atoms with van der Waals surface area (Å²) in [5.74, 6) is -0.746. The van der Waals surface area contributed by atoms with E-state index in [1.54, 1.807) is 24.3 Å². The van der Waals surface area contributed by atoms with Crippen molar-refractivity contribution in [2.45, 2.75) is 36.6 Å². The maximum atomic E-state index is 12.8. The molecule has 1 aliphatic heterocycles. The maximum Gasteiger partial charge on any atom is 0.419 e. The van der Waals surface area contributed by atoms with Crippen molar-refractivity contribution in [2.75, 3.05) is 13.1 Å². The highest BCUT2D eigenvalue weighted by molar-refractivity contribution is 5.87. The van der Waals surface area contributed by atoms with E-state index in [1.165, 1.54) is 0 Å². The van der Waals surface area contributed by atoms with Gasteiger partial charge in [0.25, 0.3) is 5.91 Å². The highest BCUT2D eigenvalue weighted by Crippen LogP contribution is 2.39. The minimum absolute atomic E-state index is 0.0863. The van der Waals surface area contributed by atoms with E-state index in [9.17, 15) is 28.2 Å².